The maximum atomic E-state index is 12.5. The fourth-order valence-corrected chi connectivity index (χ4v) is 3.43. The van der Waals surface area contributed by atoms with Crippen LogP contribution in [0.2, 0.25) is 0 Å². The van der Waals surface area contributed by atoms with Gasteiger partial charge in [-0.05, 0) is 32.1 Å². The average molecular weight is 309 g/mol. The molecule has 2 aliphatic rings. The number of ether oxygens (including phenoxy) is 1. The van der Waals surface area contributed by atoms with Gasteiger partial charge in [0.05, 0.1) is 18.4 Å². The van der Waals surface area contributed by atoms with Crippen molar-refractivity contribution in [2.45, 2.75) is 38.6 Å². The molecule has 0 radical (unpaired) electrons. The van der Waals surface area contributed by atoms with Crippen molar-refractivity contribution in [2.75, 3.05) is 6.61 Å². The van der Waals surface area contributed by atoms with Gasteiger partial charge in [-0.3, -0.25) is 9.59 Å². The quantitative estimate of drug-likeness (QED) is 0.571. The average Bonchev–Trinajstić information content (AvgIpc) is 3.02. The first-order valence-electron chi connectivity index (χ1n) is 7.70. The minimum Gasteiger partial charge on any atom is -0.481 e. The van der Waals surface area contributed by atoms with E-state index in [2.05, 4.69) is 11.9 Å². The van der Waals surface area contributed by atoms with Crippen molar-refractivity contribution in [3.8, 4) is 0 Å². The minimum atomic E-state index is -1.05. The number of carboxylic acids is 1. The van der Waals surface area contributed by atoms with Gasteiger partial charge in [0.1, 0.15) is 5.54 Å². The minimum absolute atomic E-state index is 0.155. The Morgan fingerprint density at radius 2 is 2.00 bits per heavy atom. The Bertz CT molecular complexity index is 503. The summed E-state index contributed by atoms with van der Waals surface area (Å²) in [6.45, 7) is 7.55. The molecule has 6 nitrogen and oxygen atoms in total. The second-order valence-electron chi connectivity index (χ2n) is 6.36. The third kappa shape index (κ3) is 2.87. The van der Waals surface area contributed by atoms with Crippen LogP contribution in [0.4, 0.5) is 0 Å². The molecule has 1 amide bonds. The van der Waals surface area contributed by atoms with Crippen molar-refractivity contribution in [3.63, 3.8) is 0 Å². The molecule has 0 aromatic heterocycles. The maximum Gasteiger partial charge on any atom is 0.332 e. The lowest BCUT2D eigenvalue weighted by Crippen LogP contribution is -2.49. The number of carboxylic acid groups (broad SMARTS) is 1. The van der Waals surface area contributed by atoms with Crippen molar-refractivity contribution in [1.29, 1.82) is 0 Å². The number of esters is 1. The summed E-state index contributed by atoms with van der Waals surface area (Å²) in [6, 6.07) is 0. The molecule has 0 bridgehead atoms. The van der Waals surface area contributed by atoms with Crippen LogP contribution in [0.1, 0.15) is 33.1 Å². The Kier molecular flexibility index (Phi) is 4.58. The van der Waals surface area contributed by atoms with Crippen LogP contribution in [0.5, 0.6) is 0 Å². The number of nitrogens with one attached hydrogen (secondary N) is 1. The molecule has 5 unspecified atom stereocenters. The molecule has 0 aliphatic heterocycles. The number of carbonyl (C=O) groups excluding carboxylic acids is 2. The van der Waals surface area contributed by atoms with Crippen LogP contribution in [0.15, 0.2) is 12.7 Å². The molecule has 2 fully saturated rings. The van der Waals surface area contributed by atoms with E-state index >= 15 is 0 Å². The number of hydrogen-bond donors (Lipinski definition) is 2. The smallest absolute Gasteiger partial charge is 0.332 e. The van der Waals surface area contributed by atoms with Gasteiger partial charge in [0.25, 0.3) is 0 Å². The summed E-state index contributed by atoms with van der Waals surface area (Å²) in [5.41, 5.74) is -1.05. The molecule has 2 aliphatic carbocycles. The summed E-state index contributed by atoms with van der Waals surface area (Å²) < 4.78 is 5.04. The van der Waals surface area contributed by atoms with Gasteiger partial charge in [0.2, 0.25) is 5.91 Å². The summed E-state index contributed by atoms with van der Waals surface area (Å²) in [7, 11) is 0. The fraction of sp³-hybridized carbons (Fsp3) is 0.688. The van der Waals surface area contributed by atoms with E-state index in [0.717, 1.165) is 0 Å². The van der Waals surface area contributed by atoms with Crippen LogP contribution in [0.25, 0.3) is 0 Å². The Morgan fingerprint density at radius 1 is 1.36 bits per heavy atom. The van der Waals surface area contributed by atoms with Crippen LogP contribution in [0.3, 0.4) is 0 Å². The predicted octanol–water partition coefficient (Wildman–Crippen LogP) is 1.36. The topological polar surface area (TPSA) is 92.7 Å². The fourth-order valence-electron chi connectivity index (χ4n) is 3.43. The number of amides is 1. The lowest BCUT2D eigenvalue weighted by molar-refractivity contribution is -0.150. The van der Waals surface area contributed by atoms with Gasteiger partial charge < -0.3 is 15.2 Å². The summed E-state index contributed by atoms with van der Waals surface area (Å²) in [5.74, 6) is -3.03. The van der Waals surface area contributed by atoms with Crippen molar-refractivity contribution >= 4 is 17.8 Å². The Labute approximate surface area is 129 Å². The van der Waals surface area contributed by atoms with Crippen molar-refractivity contribution < 1.29 is 24.2 Å². The first kappa shape index (κ1) is 16.5. The normalized spacial score (nSPS) is 36.5. The van der Waals surface area contributed by atoms with E-state index in [1.54, 1.807) is 13.0 Å². The molecule has 0 aromatic rings. The van der Waals surface area contributed by atoms with Gasteiger partial charge in [0.15, 0.2) is 0 Å². The largest absolute Gasteiger partial charge is 0.481 e. The summed E-state index contributed by atoms with van der Waals surface area (Å²) in [4.78, 5) is 36.0. The van der Waals surface area contributed by atoms with Crippen molar-refractivity contribution in [1.82, 2.24) is 5.32 Å². The highest BCUT2D eigenvalue weighted by Gasteiger charge is 2.61. The first-order chi connectivity index (χ1) is 10.4. The highest BCUT2D eigenvalue weighted by molar-refractivity contribution is 5.94. The second kappa shape index (κ2) is 6.10. The van der Waals surface area contributed by atoms with Gasteiger partial charge >= 0.3 is 11.9 Å². The number of aliphatic carboxylic acids is 1. The number of rotatable bonds is 6. The molecular formula is C16H23NO5. The molecule has 6 heteroatoms. The Morgan fingerprint density at radius 3 is 2.50 bits per heavy atom. The van der Waals surface area contributed by atoms with Gasteiger partial charge in [0, 0.05) is 5.92 Å². The van der Waals surface area contributed by atoms with Crippen LogP contribution in [0, 0.1) is 23.7 Å². The zero-order chi connectivity index (χ0) is 16.5. The maximum absolute atomic E-state index is 12.5. The second-order valence-corrected chi connectivity index (χ2v) is 6.36. The molecule has 5 atom stereocenters. The van der Waals surface area contributed by atoms with Crippen LogP contribution in [-0.2, 0) is 19.1 Å². The predicted molar refractivity (Wildman–Crippen MR) is 78.8 cm³/mol. The molecule has 0 aromatic carbocycles. The summed E-state index contributed by atoms with van der Waals surface area (Å²) >= 11 is 0. The van der Waals surface area contributed by atoms with E-state index in [0.29, 0.717) is 19.3 Å². The molecule has 0 saturated heterocycles. The third-order valence-corrected chi connectivity index (χ3v) is 4.74. The molecule has 2 saturated carbocycles. The molecular weight excluding hydrogens is 286 g/mol. The molecule has 2 N–H and O–H groups in total. The van der Waals surface area contributed by atoms with E-state index in [-0.39, 0.29) is 24.3 Å². The SMILES string of the molecule is C=CC1CC1(NC(=O)C1CC(C)CC1C(=O)O)C(=O)OCC. The van der Waals surface area contributed by atoms with E-state index in [4.69, 9.17) is 4.74 Å². The molecule has 122 valence electrons. The van der Waals surface area contributed by atoms with Gasteiger partial charge in [-0.1, -0.05) is 13.0 Å². The molecule has 2 rings (SSSR count). The monoisotopic (exact) mass is 309 g/mol. The summed E-state index contributed by atoms with van der Waals surface area (Å²) in [6.07, 6.45) is 3.11. The van der Waals surface area contributed by atoms with Crippen LogP contribution in [-0.4, -0.2) is 35.1 Å². The van der Waals surface area contributed by atoms with E-state index < -0.39 is 29.3 Å². The zero-order valence-electron chi connectivity index (χ0n) is 13.0. The number of carbonyl (C=O) groups is 3. The van der Waals surface area contributed by atoms with Crippen molar-refractivity contribution in [2.24, 2.45) is 23.7 Å². The molecule has 0 spiro atoms. The Balaban J connectivity index is 2.11. The lowest BCUT2D eigenvalue weighted by Gasteiger charge is -2.21. The first-order valence-corrected chi connectivity index (χ1v) is 7.70. The molecule has 22 heavy (non-hydrogen) atoms. The van der Waals surface area contributed by atoms with Gasteiger partial charge in [-0.2, -0.15) is 0 Å². The highest BCUT2D eigenvalue weighted by Crippen LogP contribution is 2.46. The number of hydrogen-bond acceptors (Lipinski definition) is 4. The van der Waals surface area contributed by atoms with Crippen molar-refractivity contribution in [3.05, 3.63) is 12.7 Å². The zero-order valence-corrected chi connectivity index (χ0v) is 13.0. The Hall–Kier alpha value is -1.85. The third-order valence-electron chi connectivity index (χ3n) is 4.74. The van der Waals surface area contributed by atoms with Crippen LogP contribution < -0.4 is 5.32 Å². The van der Waals surface area contributed by atoms with E-state index in [1.165, 1.54) is 0 Å². The standard InChI is InChI=1S/C16H23NO5/c1-4-10-8-16(10,15(21)22-5-2)17-13(18)11-6-9(3)7-12(11)14(19)20/h4,9-12H,1,5-8H2,2-3H3,(H,17,18)(H,19,20). The lowest BCUT2D eigenvalue weighted by atomic mass is 9.94. The van der Waals surface area contributed by atoms with E-state index in [9.17, 15) is 19.5 Å². The highest BCUT2D eigenvalue weighted by atomic mass is 16.5. The summed E-state index contributed by atoms with van der Waals surface area (Å²) in [5, 5.41) is 12.0. The van der Waals surface area contributed by atoms with Crippen LogP contribution >= 0.6 is 0 Å². The molecule has 0 heterocycles. The van der Waals surface area contributed by atoms with Gasteiger partial charge in [-0.15, -0.1) is 6.58 Å². The van der Waals surface area contributed by atoms with E-state index in [1.807, 2.05) is 6.92 Å². The van der Waals surface area contributed by atoms with Gasteiger partial charge in [-0.25, -0.2) is 4.79 Å².